The van der Waals surface area contributed by atoms with Gasteiger partial charge in [-0.2, -0.15) is 22.4 Å². The van der Waals surface area contributed by atoms with Gasteiger partial charge in [0.1, 0.15) is 0 Å². The topological polar surface area (TPSA) is 78.0 Å². The lowest BCUT2D eigenvalue weighted by atomic mass is 10.0. The molecule has 0 radical (unpaired) electrons. The third-order valence-corrected chi connectivity index (χ3v) is 5.42. The highest BCUT2D eigenvalue weighted by atomic mass is 32.2. The predicted molar refractivity (Wildman–Crippen MR) is 74.4 cm³/mol. The smallest absolute Gasteiger partial charge is 0.399 e. The first-order valence-electron chi connectivity index (χ1n) is 6.45. The number of rotatable bonds is 3. The van der Waals surface area contributed by atoms with Crippen LogP contribution >= 0.6 is 0 Å². The maximum atomic E-state index is 12.8. The van der Waals surface area contributed by atoms with Crippen molar-refractivity contribution in [2.24, 2.45) is 0 Å². The Morgan fingerprint density at radius 2 is 1.86 bits per heavy atom. The number of nitrogens with two attached hydrogens (primary N) is 1. The third kappa shape index (κ3) is 2.68. The van der Waals surface area contributed by atoms with Crippen molar-refractivity contribution < 1.29 is 21.6 Å². The zero-order valence-corrected chi connectivity index (χ0v) is 12.0. The van der Waals surface area contributed by atoms with E-state index in [1.54, 1.807) is 0 Å². The number of alkyl halides is 3. The van der Waals surface area contributed by atoms with Crippen molar-refractivity contribution in [2.75, 3.05) is 5.73 Å². The van der Waals surface area contributed by atoms with Gasteiger partial charge in [0.15, 0.2) is 0 Å². The molecule has 0 aliphatic heterocycles. The van der Waals surface area contributed by atoms with Crippen molar-refractivity contribution in [3.05, 3.63) is 36.2 Å². The highest BCUT2D eigenvalue weighted by Gasteiger charge is 2.37. The van der Waals surface area contributed by atoms with Crippen LogP contribution in [0.5, 0.6) is 0 Å². The summed E-state index contributed by atoms with van der Waals surface area (Å²) in [5.74, 6) is 0. The molecule has 22 heavy (non-hydrogen) atoms. The number of halogens is 3. The Balaban J connectivity index is 2.02. The molecule has 1 heterocycles. The van der Waals surface area contributed by atoms with E-state index in [0.717, 1.165) is 16.2 Å². The molecular formula is C13H12F3N3O2S. The van der Waals surface area contributed by atoms with Gasteiger partial charge in [0, 0.05) is 11.3 Å². The molecule has 0 saturated heterocycles. The van der Waals surface area contributed by atoms with Crippen LogP contribution in [-0.4, -0.2) is 22.9 Å². The SMILES string of the molecule is Nc1cc(-c2cnn(S(=O)(=O)C3CC3)c2)cc(C(F)(F)F)c1. The summed E-state index contributed by atoms with van der Waals surface area (Å²) in [6, 6.07) is 3.09. The van der Waals surface area contributed by atoms with Gasteiger partial charge >= 0.3 is 6.18 Å². The van der Waals surface area contributed by atoms with Crippen molar-refractivity contribution >= 4 is 15.7 Å². The Labute approximate surface area is 124 Å². The maximum absolute atomic E-state index is 12.8. The molecule has 2 N–H and O–H groups in total. The summed E-state index contributed by atoms with van der Waals surface area (Å²) in [6.45, 7) is 0. The number of hydrogen-bond acceptors (Lipinski definition) is 4. The zero-order valence-electron chi connectivity index (χ0n) is 11.2. The van der Waals surface area contributed by atoms with E-state index >= 15 is 0 Å². The molecule has 118 valence electrons. The molecule has 0 amide bonds. The molecule has 1 fully saturated rings. The van der Waals surface area contributed by atoms with E-state index in [2.05, 4.69) is 5.10 Å². The Morgan fingerprint density at radius 1 is 1.18 bits per heavy atom. The quantitative estimate of drug-likeness (QED) is 0.877. The van der Waals surface area contributed by atoms with E-state index in [9.17, 15) is 21.6 Å². The van der Waals surface area contributed by atoms with Gasteiger partial charge < -0.3 is 5.73 Å². The van der Waals surface area contributed by atoms with E-state index in [0.29, 0.717) is 12.8 Å². The summed E-state index contributed by atoms with van der Waals surface area (Å²) >= 11 is 0. The van der Waals surface area contributed by atoms with E-state index in [-0.39, 0.29) is 16.8 Å². The Morgan fingerprint density at radius 3 is 2.45 bits per heavy atom. The second-order valence-corrected chi connectivity index (χ2v) is 7.26. The van der Waals surface area contributed by atoms with E-state index < -0.39 is 27.0 Å². The highest BCUT2D eigenvalue weighted by molar-refractivity contribution is 7.90. The summed E-state index contributed by atoms with van der Waals surface area (Å²) in [6.07, 6.45) is -0.945. The lowest BCUT2D eigenvalue weighted by molar-refractivity contribution is -0.137. The number of nitrogen functional groups attached to an aromatic ring is 1. The van der Waals surface area contributed by atoms with Crippen molar-refractivity contribution in [3.63, 3.8) is 0 Å². The number of nitrogens with zero attached hydrogens (tertiary/aromatic N) is 2. The van der Waals surface area contributed by atoms with Gasteiger partial charge in [-0.15, -0.1) is 0 Å². The molecule has 1 aliphatic rings. The minimum absolute atomic E-state index is 0.0531. The van der Waals surface area contributed by atoms with Gasteiger partial charge in [-0.05, 0) is 36.6 Å². The first kappa shape index (κ1) is 14.9. The molecule has 2 aromatic rings. The second-order valence-electron chi connectivity index (χ2n) is 5.19. The van der Waals surface area contributed by atoms with E-state index in [1.807, 2.05) is 0 Å². The molecule has 0 atom stereocenters. The molecule has 1 aromatic carbocycles. The van der Waals surface area contributed by atoms with Crippen LogP contribution < -0.4 is 5.73 Å². The molecule has 1 saturated carbocycles. The van der Waals surface area contributed by atoms with Crippen LogP contribution in [0.15, 0.2) is 30.6 Å². The Bertz CT molecular complexity index is 823. The van der Waals surface area contributed by atoms with Gasteiger partial charge in [-0.1, -0.05) is 0 Å². The Hall–Kier alpha value is -2.03. The fourth-order valence-electron chi connectivity index (χ4n) is 2.09. The van der Waals surface area contributed by atoms with Crippen molar-refractivity contribution in [3.8, 4) is 11.1 Å². The van der Waals surface area contributed by atoms with Crippen LogP contribution in [0.3, 0.4) is 0 Å². The van der Waals surface area contributed by atoms with E-state index in [4.69, 9.17) is 5.73 Å². The van der Waals surface area contributed by atoms with Crippen LogP contribution in [0.25, 0.3) is 11.1 Å². The molecule has 1 aromatic heterocycles. The fraction of sp³-hybridized carbons (Fsp3) is 0.308. The molecule has 5 nitrogen and oxygen atoms in total. The fourth-order valence-corrected chi connectivity index (χ4v) is 3.57. The van der Waals surface area contributed by atoms with Gasteiger partial charge in [-0.25, -0.2) is 8.42 Å². The Kier molecular flexibility index (Phi) is 3.20. The highest BCUT2D eigenvalue weighted by Crippen LogP contribution is 2.35. The van der Waals surface area contributed by atoms with Crippen molar-refractivity contribution in [1.82, 2.24) is 9.19 Å². The van der Waals surface area contributed by atoms with Gasteiger partial charge in [-0.3, -0.25) is 0 Å². The molecule has 0 unspecified atom stereocenters. The average molecular weight is 331 g/mol. The summed E-state index contributed by atoms with van der Waals surface area (Å²) < 4.78 is 63.3. The lowest BCUT2D eigenvalue weighted by Crippen LogP contribution is -2.17. The lowest BCUT2D eigenvalue weighted by Gasteiger charge is -2.09. The number of benzene rings is 1. The zero-order chi connectivity index (χ0) is 16.1. The first-order valence-corrected chi connectivity index (χ1v) is 7.95. The number of hydrogen-bond donors (Lipinski definition) is 1. The maximum Gasteiger partial charge on any atom is 0.416 e. The van der Waals surface area contributed by atoms with Crippen molar-refractivity contribution in [2.45, 2.75) is 24.3 Å². The second kappa shape index (κ2) is 4.73. The normalized spacial score (nSPS) is 16.0. The average Bonchev–Trinajstić information content (AvgIpc) is 3.15. The van der Waals surface area contributed by atoms with Crippen LogP contribution in [-0.2, 0) is 16.2 Å². The number of aromatic nitrogens is 2. The third-order valence-electron chi connectivity index (χ3n) is 3.38. The summed E-state index contributed by atoms with van der Waals surface area (Å²) in [4.78, 5) is 0. The van der Waals surface area contributed by atoms with Crippen LogP contribution in [0.2, 0.25) is 0 Å². The molecule has 3 rings (SSSR count). The van der Waals surface area contributed by atoms with Crippen LogP contribution in [0.4, 0.5) is 18.9 Å². The standard InChI is InChI=1S/C13H12F3N3O2S/c14-13(15,16)10-3-8(4-11(17)5-10)9-6-18-19(7-9)22(20,21)12-1-2-12/h3-7,12H,1-2,17H2. The largest absolute Gasteiger partial charge is 0.416 e. The van der Waals surface area contributed by atoms with Gasteiger partial charge in [0.25, 0.3) is 10.0 Å². The summed E-state index contributed by atoms with van der Waals surface area (Å²) in [7, 11) is -3.55. The minimum atomic E-state index is -4.53. The summed E-state index contributed by atoms with van der Waals surface area (Å²) in [5.41, 5.74) is 4.99. The minimum Gasteiger partial charge on any atom is -0.399 e. The van der Waals surface area contributed by atoms with Crippen LogP contribution in [0.1, 0.15) is 18.4 Å². The predicted octanol–water partition coefficient (Wildman–Crippen LogP) is 2.49. The molecule has 1 aliphatic carbocycles. The monoisotopic (exact) mass is 331 g/mol. The summed E-state index contributed by atoms with van der Waals surface area (Å²) in [5, 5.41) is 3.30. The molecular weight excluding hydrogens is 319 g/mol. The molecule has 0 spiro atoms. The molecule has 0 bridgehead atoms. The first-order chi connectivity index (χ1) is 10.2. The van der Waals surface area contributed by atoms with Gasteiger partial charge in [0.05, 0.1) is 23.2 Å². The number of anilines is 1. The van der Waals surface area contributed by atoms with Crippen LogP contribution in [0, 0.1) is 0 Å². The van der Waals surface area contributed by atoms with Crippen molar-refractivity contribution in [1.29, 1.82) is 0 Å². The van der Waals surface area contributed by atoms with E-state index in [1.165, 1.54) is 18.5 Å². The van der Waals surface area contributed by atoms with Gasteiger partial charge in [0.2, 0.25) is 0 Å². The molecule has 9 heteroatoms.